The molecule has 3 rings (SSSR count). The van der Waals surface area contributed by atoms with Gasteiger partial charge in [-0.1, -0.05) is 15.9 Å². The summed E-state index contributed by atoms with van der Waals surface area (Å²) in [5, 5.41) is 2.85. The van der Waals surface area contributed by atoms with Gasteiger partial charge in [-0.15, -0.1) is 0 Å². The Labute approximate surface area is 166 Å². The van der Waals surface area contributed by atoms with Crippen molar-refractivity contribution in [2.45, 2.75) is 6.92 Å². The number of aromatic nitrogens is 1. The van der Waals surface area contributed by atoms with Gasteiger partial charge in [0.2, 0.25) is 5.91 Å². The monoisotopic (exact) mass is 425 g/mol. The van der Waals surface area contributed by atoms with Gasteiger partial charge in [-0.05, 0) is 67.1 Å². The second-order valence-corrected chi connectivity index (χ2v) is 7.22. The van der Waals surface area contributed by atoms with E-state index in [1.807, 2.05) is 66.3 Å². The molecule has 0 saturated heterocycles. The summed E-state index contributed by atoms with van der Waals surface area (Å²) in [7, 11) is 1.62. The maximum absolute atomic E-state index is 12.6. The van der Waals surface area contributed by atoms with E-state index in [0.717, 1.165) is 21.4 Å². The van der Waals surface area contributed by atoms with Crippen molar-refractivity contribution in [1.29, 1.82) is 0 Å². The lowest BCUT2D eigenvalue weighted by atomic mass is 10.2. The summed E-state index contributed by atoms with van der Waals surface area (Å²) in [6.45, 7) is 1.90. The van der Waals surface area contributed by atoms with Crippen molar-refractivity contribution in [3.8, 4) is 5.69 Å². The quantitative estimate of drug-likeness (QED) is 0.663. The molecular formula is C21H20BrN3O2. The SMILES string of the molecule is Cc1cc(Br)ccc1NC(=O)CN(C)C(=O)c1ccc(-n2cccc2)cc1. The summed E-state index contributed by atoms with van der Waals surface area (Å²) in [5.74, 6) is -0.433. The van der Waals surface area contributed by atoms with Crippen LogP contribution in [0.2, 0.25) is 0 Å². The van der Waals surface area contributed by atoms with E-state index in [1.54, 1.807) is 19.2 Å². The number of benzene rings is 2. The standard InChI is InChI=1S/C21H20BrN3O2/c1-15-13-17(22)7-10-19(15)23-20(26)14-24(2)21(27)16-5-8-18(9-6-16)25-11-3-4-12-25/h3-13H,14H2,1-2H3,(H,23,26). The van der Waals surface area contributed by atoms with Gasteiger partial charge >= 0.3 is 0 Å². The van der Waals surface area contributed by atoms with Crippen LogP contribution in [0.15, 0.2) is 71.5 Å². The van der Waals surface area contributed by atoms with Crippen LogP contribution in [0, 0.1) is 6.92 Å². The summed E-state index contributed by atoms with van der Waals surface area (Å²) < 4.78 is 2.92. The second kappa shape index (κ2) is 8.22. The molecular weight excluding hydrogens is 406 g/mol. The van der Waals surface area contributed by atoms with Crippen molar-refractivity contribution >= 4 is 33.4 Å². The Morgan fingerprint density at radius 1 is 1.07 bits per heavy atom. The molecule has 0 bridgehead atoms. The van der Waals surface area contributed by atoms with Gasteiger partial charge in [0, 0.05) is 40.9 Å². The van der Waals surface area contributed by atoms with Crippen LogP contribution < -0.4 is 5.32 Å². The average Bonchev–Trinajstić information content (AvgIpc) is 3.18. The third-order valence-electron chi connectivity index (χ3n) is 4.21. The number of rotatable bonds is 5. The number of halogens is 1. The van der Waals surface area contributed by atoms with E-state index in [4.69, 9.17) is 0 Å². The van der Waals surface area contributed by atoms with E-state index in [0.29, 0.717) is 5.56 Å². The molecule has 27 heavy (non-hydrogen) atoms. The molecule has 0 spiro atoms. The number of nitrogens with one attached hydrogen (secondary N) is 1. The first-order valence-corrected chi connectivity index (χ1v) is 9.28. The highest BCUT2D eigenvalue weighted by atomic mass is 79.9. The molecule has 0 aliphatic carbocycles. The summed E-state index contributed by atoms with van der Waals surface area (Å²) >= 11 is 3.40. The largest absolute Gasteiger partial charge is 0.332 e. The maximum Gasteiger partial charge on any atom is 0.254 e. The van der Waals surface area contributed by atoms with Crippen LogP contribution in [-0.2, 0) is 4.79 Å². The Balaban J connectivity index is 1.62. The number of anilines is 1. The maximum atomic E-state index is 12.6. The van der Waals surface area contributed by atoms with Crippen LogP contribution in [-0.4, -0.2) is 34.9 Å². The normalized spacial score (nSPS) is 10.5. The third-order valence-corrected chi connectivity index (χ3v) is 4.70. The number of aryl methyl sites for hydroxylation is 1. The van der Waals surface area contributed by atoms with Gasteiger partial charge in [0.25, 0.3) is 5.91 Å². The zero-order valence-corrected chi connectivity index (χ0v) is 16.7. The van der Waals surface area contributed by atoms with Crippen molar-refractivity contribution in [2.75, 3.05) is 18.9 Å². The summed E-state index contributed by atoms with van der Waals surface area (Å²) in [6.07, 6.45) is 3.88. The predicted octanol–water partition coefficient (Wildman–Crippen LogP) is 4.26. The molecule has 2 amide bonds. The molecule has 0 aliphatic rings. The van der Waals surface area contributed by atoms with Gasteiger partial charge in [0.05, 0.1) is 6.54 Å². The van der Waals surface area contributed by atoms with E-state index in [1.165, 1.54) is 4.90 Å². The van der Waals surface area contributed by atoms with Crippen molar-refractivity contribution in [3.63, 3.8) is 0 Å². The molecule has 0 fully saturated rings. The first kappa shape index (κ1) is 18.9. The van der Waals surface area contributed by atoms with Crippen LogP contribution in [0.4, 0.5) is 5.69 Å². The summed E-state index contributed by atoms with van der Waals surface area (Å²) in [6, 6.07) is 16.8. The molecule has 1 N–H and O–H groups in total. The number of hydrogen-bond acceptors (Lipinski definition) is 2. The number of carbonyl (C=O) groups is 2. The minimum Gasteiger partial charge on any atom is -0.332 e. The van der Waals surface area contributed by atoms with Gasteiger partial charge in [-0.25, -0.2) is 0 Å². The Kier molecular flexibility index (Phi) is 5.76. The second-order valence-electron chi connectivity index (χ2n) is 6.31. The van der Waals surface area contributed by atoms with E-state index in [9.17, 15) is 9.59 Å². The fraction of sp³-hybridized carbons (Fsp3) is 0.143. The third kappa shape index (κ3) is 4.65. The predicted molar refractivity (Wildman–Crippen MR) is 110 cm³/mol. The lowest BCUT2D eigenvalue weighted by Gasteiger charge is -2.18. The highest BCUT2D eigenvalue weighted by molar-refractivity contribution is 9.10. The van der Waals surface area contributed by atoms with Crippen LogP contribution >= 0.6 is 15.9 Å². The Morgan fingerprint density at radius 3 is 2.37 bits per heavy atom. The number of carbonyl (C=O) groups excluding carboxylic acids is 2. The van der Waals surface area contributed by atoms with Crippen LogP contribution in [0.25, 0.3) is 5.69 Å². The Hall–Kier alpha value is -2.86. The smallest absolute Gasteiger partial charge is 0.254 e. The topological polar surface area (TPSA) is 54.3 Å². The number of nitrogens with zero attached hydrogens (tertiary/aromatic N) is 2. The van der Waals surface area contributed by atoms with Gasteiger partial charge in [0.1, 0.15) is 0 Å². The number of amides is 2. The van der Waals surface area contributed by atoms with E-state index < -0.39 is 0 Å². The molecule has 6 heteroatoms. The highest BCUT2D eigenvalue weighted by Crippen LogP contribution is 2.20. The minimum atomic E-state index is -0.236. The van der Waals surface area contributed by atoms with E-state index >= 15 is 0 Å². The molecule has 1 aromatic heterocycles. The zero-order chi connectivity index (χ0) is 19.4. The van der Waals surface area contributed by atoms with Crippen molar-refractivity contribution in [1.82, 2.24) is 9.47 Å². The molecule has 2 aromatic carbocycles. The van der Waals surface area contributed by atoms with Crippen molar-refractivity contribution in [2.24, 2.45) is 0 Å². The molecule has 0 radical (unpaired) electrons. The molecule has 1 heterocycles. The first-order valence-electron chi connectivity index (χ1n) is 8.49. The number of likely N-dealkylation sites (N-methyl/N-ethyl adjacent to an activating group) is 1. The van der Waals surface area contributed by atoms with Gasteiger partial charge in [0.15, 0.2) is 0 Å². The molecule has 0 aliphatic heterocycles. The van der Waals surface area contributed by atoms with Crippen LogP contribution in [0.5, 0.6) is 0 Å². The van der Waals surface area contributed by atoms with Crippen LogP contribution in [0.3, 0.4) is 0 Å². The van der Waals surface area contributed by atoms with Gasteiger partial charge in [-0.3, -0.25) is 9.59 Å². The highest BCUT2D eigenvalue weighted by Gasteiger charge is 2.15. The number of hydrogen-bond donors (Lipinski definition) is 1. The molecule has 5 nitrogen and oxygen atoms in total. The van der Waals surface area contributed by atoms with Crippen molar-refractivity contribution < 1.29 is 9.59 Å². The first-order chi connectivity index (χ1) is 12.9. The molecule has 0 saturated carbocycles. The Bertz CT molecular complexity index is 950. The fourth-order valence-corrected chi connectivity index (χ4v) is 3.22. The van der Waals surface area contributed by atoms with E-state index in [-0.39, 0.29) is 18.4 Å². The average molecular weight is 426 g/mol. The summed E-state index contributed by atoms with van der Waals surface area (Å²) in [4.78, 5) is 26.3. The van der Waals surface area contributed by atoms with Gasteiger partial charge in [-0.2, -0.15) is 0 Å². The lowest BCUT2D eigenvalue weighted by molar-refractivity contribution is -0.116. The molecule has 0 atom stereocenters. The molecule has 138 valence electrons. The minimum absolute atomic E-state index is 0.0201. The van der Waals surface area contributed by atoms with Crippen LogP contribution in [0.1, 0.15) is 15.9 Å². The summed E-state index contributed by atoms with van der Waals surface area (Å²) in [5.41, 5.74) is 3.20. The zero-order valence-electron chi connectivity index (χ0n) is 15.1. The molecule has 3 aromatic rings. The van der Waals surface area contributed by atoms with E-state index in [2.05, 4.69) is 21.2 Å². The Morgan fingerprint density at radius 2 is 1.74 bits per heavy atom. The van der Waals surface area contributed by atoms with Crippen molar-refractivity contribution in [3.05, 3.63) is 82.6 Å². The van der Waals surface area contributed by atoms with Gasteiger partial charge < -0.3 is 14.8 Å². The fourth-order valence-electron chi connectivity index (χ4n) is 2.75. The lowest BCUT2D eigenvalue weighted by Crippen LogP contribution is -2.35. The molecule has 0 unspecified atom stereocenters.